The van der Waals surface area contributed by atoms with E-state index in [1.54, 1.807) is 6.92 Å². The fourth-order valence-electron chi connectivity index (χ4n) is 3.98. The van der Waals surface area contributed by atoms with Crippen molar-refractivity contribution in [3.8, 4) is 0 Å². The highest BCUT2D eigenvalue weighted by Crippen LogP contribution is 2.29. The highest BCUT2D eigenvalue weighted by molar-refractivity contribution is 5.97. The number of ketones is 1. The largest absolute Gasteiger partial charge is 0.361 e. The summed E-state index contributed by atoms with van der Waals surface area (Å²) < 4.78 is 5.18. The number of hydrogen-bond acceptors (Lipinski definition) is 5. The van der Waals surface area contributed by atoms with Crippen LogP contribution >= 0.6 is 0 Å². The molecule has 42 heavy (non-hydrogen) atoms. The summed E-state index contributed by atoms with van der Waals surface area (Å²) in [6.07, 6.45) is 2.01. The highest BCUT2D eigenvalue weighted by atomic mass is 16.6. The zero-order chi connectivity index (χ0) is 31.7. The second kappa shape index (κ2) is 18.7. The third-order valence-corrected chi connectivity index (χ3v) is 6.41. The number of carbonyl (C=O) groups excluding carboxylic acids is 4. The molecule has 9 heteroatoms. The number of aryl methyl sites for hydroxylation is 2. The molecule has 0 spiro atoms. The lowest BCUT2D eigenvalue weighted by Crippen LogP contribution is -2.53. The number of urea groups is 1. The lowest BCUT2D eigenvalue weighted by Gasteiger charge is -2.22. The SMILES string of the molecule is CC(C)CC(NC(N)=O)C(=O)NCC(=O)NC(CC(C)C)C(=O)C1(C)CO1.CCc1ccccc1.Cc1ccccc1. The first-order chi connectivity index (χ1) is 19.8. The van der Waals surface area contributed by atoms with Gasteiger partial charge in [0.25, 0.3) is 0 Å². The Labute approximate surface area is 251 Å². The molecule has 3 rings (SSSR count). The van der Waals surface area contributed by atoms with Crippen LogP contribution in [0.5, 0.6) is 0 Å². The quantitative estimate of drug-likeness (QED) is 0.276. The maximum Gasteiger partial charge on any atom is 0.312 e. The van der Waals surface area contributed by atoms with Gasteiger partial charge in [-0.25, -0.2) is 4.79 Å². The zero-order valence-corrected chi connectivity index (χ0v) is 26.2. The van der Waals surface area contributed by atoms with Crippen LogP contribution in [0.25, 0.3) is 0 Å². The lowest BCUT2D eigenvalue weighted by molar-refractivity contribution is -0.131. The van der Waals surface area contributed by atoms with Crippen molar-refractivity contribution in [2.24, 2.45) is 17.6 Å². The molecule has 232 valence electrons. The number of Topliss-reactive ketones (excluding diaryl/α,β-unsaturated/α-hetero) is 1. The van der Waals surface area contributed by atoms with Crippen LogP contribution in [0, 0.1) is 18.8 Å². The monoisotopic (exact) mass is 582 g/mol. The van der Waals surface area contributed by atoms with Gasteiger partial charge in [0.1, 0.15) is 11.6 Å². The number of primary amides is 1. The molecule has 3 unspecified atom stereocenters. The van der Waals surface area contributed by atoms with Crippen molar-refractivity contribution in [2.45, 2.75) is 85.4 Å². The van der Waals surface area contributed by atoms with E-state index >= 15 is 0 Å². The smallest absolute Gasteiger partial charge is 0.312 e. The Hall–Kier alpha value is -3.72. The van der Waals surface area contributed by atoms with Crippen LogP contribution in [0.3, 0.4) is 0 Å². The standard InChI is InChI=1S/C18H32N4O5.C8H10.C7H8/c1-10(2)6-12(15(24)18(5)9-27-18)21-14(23)8-20-16(25)13(7-11(3)4)22-17(19)26;1-2-8-6-4-3-5-7-8;1-7-5-3-2-4-6-7/h10-13H,6-9H2,1-5H3,(H,20,25)(H,21,23)(H3,19,22,26);3-7H,2H2,1H3;2-6H,1H3. The van der Waals surface area contributed by atoms with Crippen molar-refractivity contribution >= 4 is 23.6 Å². The number of amides is 4. The van der Waals surface area contributed by atoms with Gasteiger partial charge >= 0.3 is 6.03 Å². The molecule has 0 bridgehead atoms. The molecule has 0 saturated carbocycles. The number of nitrogens with two attached hydrogens (primary N) is 1. The van der Waals surface area contributed by atoms with E-state index in [-0.39, 0.29) is 24.2 Å². The average molecular weight is 583 g/mol. The van der Waals surface area contributed by atoms with E-state index in [0.717, 1.165) is 6.42 Å². The number of hydrogen-bond donors (Lipinski definition) is 4. The summed E-state index contributed by atoms with van der Waals surface area (Å²) in [5, 5.41) is 7.53. The molecule has 0 aromatic heterocycles. The van der Waals surface area contributed by atoms with Crippen LogP contribution in [-0.2, 0) is 25.5 Å². The highest BCUT2D eigenvalue weighted by Gasteiger charge is 2.50. The van der Waals surface area contributed by atoms with E-state index in [1.165, 1.54) is 11.1 Å². The minimum Gasteiger partial charge on any atom is -0.361 e. The Kier molecular flexibility index (Phi) is 16.1. The number of benzene rings is 2. The van der Waals surface area contributed by atoms with E-state index < -0.39 is 35.5 Å². The summed E-state index contributed by atoms with van der Waals surface area (Å²) in [5.74, 6) is -0.792. The van der Waals surface area contributed by atoms with Gasteiger partial charge in [0.15, 0.2) is 5.78 Å². The minimum absolute atomic E-state index is 0.147. The van der Waals surface area contributed by atoms with E-state index in [2.05, 4.69) is 66.2 Å². The number of nitrogens with one attached hydrogen (secondary N) is 3. The molecule has 1 heterocycles. The zero-order valence-electron chi connectivity index (χ0n) is 26.2. The Morgan fingerprint density at radius 3 is 1.74 bits per heavy atom. The second-order valence-corrected chi connectivity index (χ2v) is 11.5. The van der Waals surface area contributed by atoms with Crippen molar-refractivity contribution in [3.05, 3.63) is 71.8 Å². The molecule has 9 nitrogen and oxygen atoms in total. The Morgan fingerprint density at radius 1 is 0.857 bits per heavy atom. The maximum absolute atomic E-state index is 12.5. The predicted octanol–water partition coefficient (Wildman–Crippen LogP) is 4.32. The van der Waals surface area contributed by atoms with Crippen molar-refractivity contribution in [3.63, 3.8) is 0 Å². The van der Waals surface area contributed by atoms with Gasteiger partial charge in [0.2, 0.25) is 11.8 Å². The van der Waals surface area contributed by atoms with Crippen molar-refractivity contribution in [1.82, 2.24) is 16.0 Å². The Morgan fingerprint density at radius 2 is 1.36 bits per heavy atom. The molecule has 1 fully saturated rings. The van der Waals surface area contributed by atoms with E-state index in [4.69, 9.17) is 10.5 Å². The first kappa shape index (κ1) is 36.3. The third-order valence-electron chi connectivity index (χ3n) is 6.41. The van der Waals surface area contributed by atoms with Crippen molar-refractivity contribution < 1.29 is 23.9 Å². The van der Waals surface area contributed by atoms with Gasteiger partial charge in [-0.05, 0) is 50.5 Å². The van der Waals surface area contributed by atoms with Gasteiger partial charge in [0.05, 0.1) is 19.2 Å². The van der Waals surface area contributed by atoms with Gasteiger partial charge < -0.3 is 26.4 Å². The first-order valence-corrected chi connectivity index (χ1v) is 14.6. The normalized spacial score (nSPS) is 16.5. The van der Waals surface area contributed by atoms with Gasteiger partial charge in [0, 0.05) is 0 Å². The van der Waals surface area contributed by atoms with Crippen LogP contribution in [-0.4, -0.2) is 54.5 Å². The number of carbonyl (C=O) groups is 4. The summed E-state index contributed by atoms with van der Waals surface area (Å²) in [7, 11) is 0. The van der Waals surface area contributed by atoms with Crippen LogP contribution in [0.4, 0.5) is 4.79 Å². The van der Waals surface area contributed by atoms with E-state index in [0.29, 0.717) is 19.4 Å². The lowest BCUT2D eigenvalue weighted by atomic mass is 9.93. The summed E-state index contributed by atoms with van der Waals surface area (Å²) in [4.78, 5) is 48.0. The van der Waals surface area contributed by atoms with Crippen LogP contribution < -0.4 is 21.7 Å². The molecule has 2 aromatic rings. The second-order valence-electron chi connectivity index (χ2n) is 11.5. The number of epoxide rings is 1. The molecule has 2 aromatic carbocycles. The predicted molar refractivity (Wildman–Crippen MR) is 167 cm³/mol. The van der Waals surface area contributed by atoms with Crippen LogP contribution in [0.1, 0.15) is 65.5 Å². The molecule has 1 saturated heterocycles. The summed E-state index contributed by atoms with van der Waals surface area (Å²) in [6, 6.07) is 18.4. The Balaban J connectivity index is 0.000000469. The average Bonchev–Trinajstić information content (AvgIpc) is 3.69. The van der Waals surface area contributed by atoms with E-state index in [9.17, 15) is 19.2 Å². The molecule has 3 atom stereocenters. The van der Waals surface area contributed by atoms with Gasteiger partial charge in [-0.1, -0.05) is 101 Å². The molecule has 4 amide bonds. The fraction of sp³-hybridized carbons (Fsp3) is 0.515. The molecule has 5 N–H and O–H groups in total. The maximum atomic E-state index is 12.5. The molecule has 1 aliphatic rings. The minimum atomic E-state index is -0.830. The molecular weight excluding hydrogens is 532 g/mol. The summed E-state index contributed by atoms with van der Waals surface area (Å²) in [5.41, 5.74) is 7.00. The van der Waals surface area contributed by atoms with Gasteiger partial charge in [-0.3, -0.25) is 14.4 Å². The van der Waals surface area contributed by atoms with Gasteiger partial charge in [-0.2, -0.15) is 0 Å². The van der Waals surface area contributed by atoms with Crippen molar-refractivity contribution in [2.75, 3.05) is 13.2 Å². The summed E-state index contributed by atoms with van der Waals surface area (Å²) >= 11 is 0. The fourth-order valence-corrected chi connectivity index (χ4v) is 3.98. The van der Waals surface area contributed by atoms with Gasteiger partial charge in [-0.15, -0.1) is 0 Å². The topological polar surface area (TPSA) is 143 Å². The van der Waals surface area contributed by atoms with Crippen molar-refractivity contribution in [1.29, 1.82) is 0 Å². The number of ether oxygens (including phenoxy) is 1. The summed E-state index contributed by atoms with van der Waals surface area (Å²) in [6.45, 7) is 13.7. The molecule has 1 aliphatic heterocycles. The molecule has 0 aliphatic carbocycles. The van der Waals surface area contributed by atoms with E-state index in [1.807, 2.05) is 52.0 Å². The third kappa shape index (κ3) is 15.3. The molecular formula is C33H50N4O5. The number of rotatable bonds is 12. The van der Waals surface area contributed by atoms with Crippen LogP contribution in [0.2, 0.25) is 0 Å². The Bertz CT molecular complexity index is 1100. The van der Waals surface area contributed by atoms with Crippen LogP contribution in [0.15, 0.2) is 60.7 Å². The first-order valence-electron chi connectivity index (χ1n) is 14.6. The molecule has 0 radical (unpaired) electrons.